The first-order valence-electron chi connectivity index (χ1n) is 4.44. The van der Waals surface area contributed by atoms with Crippen LogP contribution in [-0.2, 0) is 6.54 Å². The van der Waals surface area contributed by atoms with Gasteiger partial charge in [0.2, 0.25) is 0 Å². The predicted molar refractivity (Wildman–Crippen MR) is 53.4 cm³/mol. The van der Waals surface area contributed by atoms with Crippen LogP contribution < -0.4 is 11.1 Å². The molecule has 13 heavy (non-hydrogen) atoms. The molecule has 1 aromatic rings. The molecule has 1 aromatic carbocycles. The predicted octanol–water partition coefficient (Wildman–Crippen LogP) is 1.54. The van der Waals surface area contributed by atoms with Gasteiger partial charge in [0.25, 0.3) is 5.91 Å². The number of rotatable bonds is 0. The lowest BCUT2D eigenvalue weighted by molar-refractivity contribution is 0.0966. The summed E-state index contributed by atoms with van der Waals surface area (Å²) in [5.41, 5.74) is 7.90. The van der Waals surface area contributed by atoms with E-state index in [-0.39, 0.29) is 5.91 Å². The molecule has 0 saturated heterocycles. The quantitative estimate of drug-likeness (QED) is 0.592. The second-order valence-corrected chi connectivity index (χ2v) is 2.60. The van der Waals surface area contributed by atoms with E-state index in [9.17, 15) is 4.79 Å². The van der Waals surface area contributed by atoms with Gasteiger partial charge in [-0.1, -0.05) is 19.9 Å². The Hall–Kier alpha value is -1.51. The summed E-state index contributed by atoms with van der Waals surface area (Å²) in [5, 5.41) is 2.72. The molecular formula is C10H14N2O. The van der Waals surface area contributed by atoms with Gasteiger partial charge in [0.05, 0.1) is 0 Å². The highest BCUT2D eigenvalue weighted by Crippen LogP contribution is 2.17. The molecule has 1 amide bonds. The number of nitrogens with one attached hydrogen (secondary N) is 1. The zero-order valence-electron chi connectivity index (χ0n) is 7.92. The fraction of sp³-hybridized carbons (Fsp3) is 0.300. The number of nitrogens with two attached hydrogens (primary N) is 1. The van der Waals surface area contributed by atoms with Gasteiger partial charge < -0.3 is 11.1 Å². The van der Waals surface area contributed by atoms with E-state index >= 15 is 0 Å². The number of anilines is 1. The van der Waals surface area contributed by atoms with Crippen molar-refractivity contribution in [1.29, 1.82) is 0 Å². The Bertz CT molecular complexity index is 321. The summed E-state index contributed by atoms with van der Waals surface area (Å²) in [5.74, 6) is -0.0210. The van der Waals surface area contributed by atoms with E-state index in [4.69, 9.17) is 5.73 Å². The van der Waals surface area contributed by atoms with Crippen molar-refractivity contribution < 1.29 is 4.79 Å². The molecule has 0 aliphatic carbocycles. The minimum absolute atomic E-state index is 0.0210. The second kappa shape index (κ2) is 3.94. The number of hydrogen-bond donors (Lipinski definition) is 2. The van der Waals surface area contributed by atoms with E-state index in [0.29, 0.717) is 17.8 Å². The minimum Gasteiger partial charge on any atom is -0.399 e. The van der Waals surface area contributed by atoms with E-state index in [0.717, 1.165) is 5.56 Å². The van der Waals surface area contributed by atoms with Gasteiger partial charge in [-0.25, -0.2) is 0 Å². The smallest absolute Gasteiger partial charge is 0.251 e. The van der Waals surface area contributed by atoms with Gasteiger partial charge >= 0.3 is 0 Å². The summed E-state index contributed by atoms with van der Waals surface area (Å²) < 4.78 is 0. The summed E-state index contributed by atoms with van der Waals surface area (Å²) in [6.07, 6.45) is 0. The first-order valence-corrected chi connectivity index (χ1v) is 4.44. The van der Waals surface area contributed by atoms with Crippen LogP contribution in [0.15, 0.2) is 18.2 Å². The molecule has 0 aromatic heterocycles. The molecule has 3 N–H and O–H groups in total. The third kappa shape index (κ3) is 1.80. The van der Waals surface area contributed by atoms with Crippen LogP contribution in [0.4, 0.5) is 5.69 Å². The van der Waals surface area contributed by atoms with Crippen molar-refractivity contribution in [2.75, 3.05) is 5.73 Å². The minimum atomic E-state index is -0.0210. The molecule has 0 fully saturated rings. The van der Waals surface area contributed by atoms with Crippen LogP contribution in [0.1, 0.15) is 29.8 Å². The van der Waals surface area contributed by atoms with Crippen molar-refractivity contribution in [3.8, 4) is 0 Å². The number of carbonyl (C=O) groups excluding carboxylic acids is 1. The van der Waals surface area contributed by atoms with Gasteiger partial charge in [-0.3, -0.25) is 4.79 Å². The average Bonchev–Trinajstić information content (AvgIpc) is 2.52. The van der Waals surface area contributed by atoms with Crippen molar-refractivity contribution >= 4 is 11.6 Å². The Morgan fingerprint density at radius 2 is 2.08 bits per heavy atom. The van der Waals surface area contributed by atoms with Crippen LogP contribution in [0, 0.1) is 0 Å². The average molecular weight is 178 g/mol. The fourth-order valence-corrected chi connectivity index (χ4v) is 1.23. The van der Waals surface area contributed by atoms with Crippen LogP contribution in [0.3, 0.4) is 0 Å². The molecular weight excluding hydrogens is 164 g/mol. The first kappa shape index (κ1) is 9.58. The molecule has 0 radical (unpaired) electrons. The standard InChI is InChI=1S/C8H8N2O.C2H6/c9-6-2-1-5-4-10-8(11)7(5)3-6;1-2/h1-3H,4,9H2,(H,10,11);1-2H3. The van der Waals surface area contributed by atoms with E-state index in [1.165, 1.54) is 0 Å². The molecule has 1 aliphatic rings. The van der Waals surface area contributed by atoms with E-state index < -0.39 is 0 Å². The van der Waals surface area contributed by atoms with Crippen molar-refractivity contribution in [2.45, 2.75) is 20.4 Å². The third-order valence-corrected chi connectivity index (χ3v) is 1.82. The molecule has 3 heteroatoms. The van der Waals surface area contributed by atoms with E-state index in [2.05, 4.69) is 5.32 Å². The number of hydrogen-bond acceptors (Lipinski definition) is 2. The third-order valence-electron chi connectivity index (χ3n) is 1.82. The van der Waals surface area contributed by atoms with E-state index in [1.807, 2.05) is 19.9 Å². The lowest BCUT2D eigenvalue weighted by atomic mass is 10.1. The lowest BCUT2D eigenvalue weighted by Crippen LogP contribution is -2.12. The van der Waals surface area contributed by atoms with Crippen LogP contribution >= 0.6 is 0 Å². The summed E-state index contributed by atoms with van der Waals surface area (Å²) in [6.45, 7) is 4.63. The zero-order chi connectivity index (χ0) is 9.84. The van der Waals surface area contributed by atoms with Crippen LogP contribution in [0.5, 0.6) is 0 Å². The number of carbonyl (C=O) groups is 1. The molecule has 0 saturated carbocycles. The highest BCUT2D eigenvalue weighted by Gasteiger charge is 2.17. The Morgan fingerprint density at radius 1 is 1.38 bits per heavy atom. The molecule has 1 heterocycles. The largest absolute Gasteiger partial charge is 0.399 e. The Balaban J connectivity index is 0.000000396. The lowest BCUT2D eigenvalue weighted by Gasteiger charge is -1.95. The Morgan fingerprint density at radius 3 is 2.77 bits per heavy atom. The number of nitrogen functional groups attached to an aromatic ring is 1. The molecule has 70 valence electrons. The fourth-order valence-electron chi connectivity index (χ4n) is 1.23. The van der Waals surface area contributed by atoms with Gasteiger partial charge in [0.1, 0.15) is 0 Å². The van der Waals surface area contributed by atoms with Crippen LogP contribution in [-0.4, -0.2) is 5.91 Å². The van der Waals surface area contributed by atoms with Crippen molar-refractivity contribution in [3.05, 3.63) is 29.3 Å². The molecule has 2 rings (SSSR count). The number of benzene rings is 1. The molecule has 0 spiro atoms. The second-order valence-electron chi connectivity index (χ2n) is 2.60. The molecule has 1 aliphatic heterocycles. The summed E-state index contributed by atoms with van der Waals surface area (Å²) in [6, 6.07) is 5.39. The van der Waals surface area contributed by atoms with Crippen molar-refractivity contribution in [1.82, 2.24) is 5.32 Å². The highest BCUT2D eigenvalue weighted by atomic mass is 16.1. The van der Waals surface area contributed by atoms with Gasteiger partial charge in [0.15, 0.2) is 0 Å². The van der Waals surface area contributed by atoms with Crippen molar-refractivity contribution in [3.63, 3.8) is 0 Å². The highest BCUT2D eigenvalue weighted by molar-refractivity contribution is 5.99. The maximum atomic E-state index is 11.1. The number of amides is 1. The molecule has 0 atom stereocenters. The first-order chi connectivity index (χ1) is 6.27. The van der Waals surface area contributed by atoms with Crippen LogP contribution in [0.2, 0.25) is 0 Å². The van der Waals surface area contributed by atoms with Gasteiger partial charge in [0, 0.05) is 17.8 Å². The monoisotopic (exact) mass is 178 g/mol. The Kier molecular flexibility index (Phi) is 2.90. The van der Waals surface area contributed by atoms with Gasteiger partial charge in [-0.2, -0.15) is 0 Å². The van der Waals surface area contributed by atoms with E-state index in [1.54, 1.807) is 12.1 Å². The zero-order valence-corrected chi connectivity index (χ0v) is 7.92. The maximum absolute atomic E-state index is 11.1. The molecule has 0 bridgehead atoms. The SMILES string of the molecule is CC.Nc1ccc2c(c1)C(=O)NC2. The molecule has 3 nitrogen and oxygen atoms in total. The Labute approximate surface area is 77.9 Å². The summed E-state index contributed by atoms with van der Waals surface area (Å²) >= 11 is 0. The van der Waals surface area contributed by atoms with Crippen LogP contribution in [0.25, 0.3) is 0 Å². The van der Waals surface area contributed by atoms with Gasteiger partial charge in [-0.05, 0) is 17.7 Å². The van der Waals surface area contributed by atoms with Crippen molar-refractivity contribution in [2.24, 2.45) is 0 Å². The number of fused-ring (bicyclic) bond motifs is 1. The maximum Gasteiger partial charge on any atom is 0.251 e. The topological polar surface area (TPSA) is 55.1 Å². The van der Waals surface area contributed by atoms with Gasteiger partial charge in [-0.15, -0.1) is 0 Å². The molecule has 0 unspecified atom stereocenters. The normalized spacial score (nSPS) is 12.6. The summed E-state index contributed by atoms with van der Waals surface area (Å²) in [4.78, 5) is 11.1. The summed E-state index contributed by atoms with van der Waals surface area (Å²) in [7, 11) is 0.